The van der Waals surface area contributed by atoms with Crippen molar-refractivity contribution in [3.63, 3.8) is 0 Å². The first-order chi connectivity index (χ1) is 7.11. The van der Waals surface area contributed by atoms with E-state index in [-0.39, 0.29) is 6.04 Å². The van der Waals surface area contributed by atoms with Gasteiger partial charge >= 0.3 is 0 Å². The number of rotatable bonds is 4. The summed E-state index contributed by atoms with van der Waals surface area (Å²) in [7, 11) is 3.32. The fourth-order valence-corrected chi connectivity index (χ4v) is 1.64. The van der Waals surface area contributed by atoms with Gasteiger partial charge in [-0.3, -0.25) is 0 Å². The zero-order valence-corrected chi connectivity index (χ0v) is 9.83. The molecule has 3 nitrogen and oxygen atoms in total. The van der Waals surface area contributed by atoms with E-state index in [2.05, 4.69) is 13.0 Å². The van der Waals surface area contributed by atoms with Crippen LogP contribution in [0.15, 0.2) is 12.1 Å². The summed E-state index contributed by atoms with van der Waals surface area (Å²) in [6.07, 6.45) is 0. The molecule has 0 amide bonds. The van der Waals surface area contributed by atoms with E-state index in [1.54, 1.807) is 14.2 Å². The van der Waals surface area contributed by atoms with Crippen LogP contribution in [0.3, 0.4) is 0 Å². The number of hydrogen-bond donors (Lipinski definition) is 1. The van der Waals surface area contributed by atoms with Gasteiger partial charge in [-0.1, -0.05) is 12.1 Å². The lowest BCUT2D eigenvalue weighted by atomic mass is 10.00. The largest absolute Gasteiger partial charge is 0.496 e. The minimum atomic E-state index is -0.135. The SMILES string of the molecule is COCC(N)c1ccc(C)c(C)c1OC. The van der Waals surface area contributed by atoms with Crippen LogP contribution in [0.25, 0.3) is 0 Å². The van der Waals surface area contributed by atoms with Crippen molar-refractivity contribution in [2.75, 3.05) is 20.8 Å². The summed E-state index contributed by atoms with van der Waals surface area (Å²) < 4.78 is 10.4. The summed E-state index contributed by atoms with van der Waals surface area (Å²) in [6.45, 7) is 4.60. The van der Waals surface area contributed by atoms with Gasteiger partial charge in [0.15, 0.2) is 0 Å². The molecule has 0 heterocycles. The molecule has 1 rings (SSSR count). The maximum Gasteiger partial charge on any atom is 0.126 e. The molecule has 0 aliphatic heterocycles. The lowest BCUT2D eigenvalue weighted by Crippen LogP contribution is -2.17. The standard InChI is InChI=1S/C12H19NO2/c1-8-5-6-10(11(13)7-14-3)12(15-4)9(8)2/h5-6,11H,7,13H2,1-4H3. The Morgan fingerprint density at radius 3 is 2.47 bits per heavy atom. The molecule has 1 aromatic rings. The molecular formula is C12H19NO2. The van der Waals surface area contributed by atoms with Crippen molar-refractivity contribution in [1.29, 1.82) is 0 Å². The molecule has 0 radical (unpaired) electrons. The maximum atomic E-state index is 6.00. The third-order valence-corrected chi connectivity index (χ3v) is 2.66. The van der Waals surface area contributed by atoms with Gasteiger partial charge in [0.1, 0.15) is 5.75 Å². The van der Waals surface area contributed by atoms with Crippen LogP contribution in [-0.2, 0) is 4.74 Å². The van der Waals surface area contributed by atoms with Crippen LogP contribution in [0.4, 0.5) is 0 Å². The predicted molar refractivity (Wildman–Crippen MR) is 61.3 cm³/mol. The van der Waals surface area contributed by atoms with E-state index in [0.717, 1.165) is 16.9 Å². The third-order valence-electron chi connectivity index (χ3n) is 2.66. The Labute approximate surface area is 91.2 Å². The zero-order chi connectivity index (χ0) is 11.4. The third kappa shape index (κ3) is 2.49. The fourth-order valence-electron chi connectivity index (χ4n) is 1.64. The minimum absolute atomic E-state index is 0.135. The van der Waals surface area contributed by atoms with Crippen LogP contribution in [0, 0.1) is 13.8 Å². The van der Waals surface area contributed by atoms with E-state index in [1.165, 1.54) is 5.56 Å². The van der Waals surface area contributed by atoms with Gasteiger partial charge in [-0.15, -0.1) is 0 Å². The molecule has 0 saturated carbocycles. The molecule has 0 aliphatic rings. The fraction of sp³-hybridized carbons (Fsp3) is 0.500. The first-order valence-electron chi connectivity index (χ1n) is 5.00. The number of methoxy groups -OCH3 is 2. The predicted octanol–water partition coefficient (Wildman–Crippen LogP) is 1.96. The molecule has 84 valence electrons. The van der Waals surface area contributed by atoms with Crippen LogP contribution < -0.4 is 10.5 Å². The molecule has 0 bridgehead atoms. The van der Waals surface area contributed by atoms with Crippen molar-refractivity contribution in [3.8, 4) is 5.75 Å². The van der Waals surface area contributed by atoms with Gasteiger partial charge in [-0.2, -0.15) is 0 Å². The van der Waals surface area contributed by atoms with Crippen LogP contribution in [-0.4, -0.2) is 20.8 Å². The summed E-state index contributed by atoms with van der Waals surface area (Å²) in [4.78, 5) is 0. The van der Waals surface area contributed by atoms with Crippen LogP contribution in [0.2, 0.25) is 0 Å². The molecular weight excluding hydrogens is 190 g/mol. The highest BCUT2D eigenvalue weighted by Gasteiger charge is 2.14. The highest BCUT2D eigenvalue weighted by Crippen LogP contribution is 2.29. The van der Waals surface area contributed by atoms with Crippen molar-refractivity contribution in [3.05, 3.63) is 28.8 Å². The Bertz CT molecular complexity index is 337. The van der Waals surface area contributed by atoms with Gasteiger partial charge in [0.05, 0.1) is 19.8 Å². The van der Waals surface area contributed by atoms with Crippen molar-refractivity contribution >= 4 is 0 Å². The topological polar surface area (TPSA) is 44.5 Å². The normalized spacial score (nSPS) is 12.6. The van der Waals surface area contributed by atoms with Gasteiger partial charge in [-0.25, -0.2) is 0 Å². The smallest absolute Gasteiger partial charge is 0.126 e. The Morgan fingerprint density at radius 2 is 1.93 bits per heavy atom. The summed E-state index contributed by atoms with van der Waals surface area (Å²) >= 11 is 0. The molecule has 1 aromatic carbocycles. The van der Waals surface area contributed by atoms with Gasteiger partial charge in [0.2, 0.25) is 0 Å². The Kier molecular flexibility index (Phi) is 4.12. The summed E-state index contributed by atoms with van der Waals surface area (Å²) in [5.41, 5.74) is 9.35. The van der Waals surface area contributed by atoms with Crippen LogP contribution in [0.5, 0.6) is 5.75 Å². The molecule has 1 unspecified atom stereocenters. The van der Waals surface area contributed by atoms with E-state index in [9.17, 15) is 0 Å². The molecule has 0 saturated heterocycles. The van der Waals surface area contributed by atoms with E-state index in [4.69, 9.17) is 15.2 Å². The van der Waals surface area contributed by atoms with E-state index >= 15 is 0 Å². The van der Waals surface area contributed by atoms with E-state index in [1.807, 2.05) is 13.0 Å². The Morgan fingerprint density at radius 1 is 1.27 bits per heavy atom. The van der Waals surface area contributed by atoms with E-state index < -0.39 is 0 Å². The lowest BCUT2D eigenvalue weighted by Gasteiger charge is -2.18. The van der Waals surface area contributed by atoms with Crippen LogP contribution in [0.1, 0.15) is 22.7 Å². The summed E-state index contributed by atoms with van der Waals surface area (Å²) in [5.74, 6) is 0.875. The van der Waals surface area contributed by atoms with Gasteiger partial charge in [0.25, 0.3) is 0 Å². The molecule has 0 aliphatic carbocycles. The molecule has 3 heteroatoms. The number of nitrogens with two attached hydrogens (primary N) is 1. The Balaban J connectivity index is 3.12. The highest BCUT2D eigenvalue weighted by atomic mass is 16.5. The minimum Gasteiger partial charge on any atom is -0.496 e. The van der Waals surface area contributed by atoms with Gasteiger partial charge in [0, 0.05) is 12.7 Å². The lowest BCUT2D eigenvalue weighted by molar-refractivity contribution is 0.179. The zero-order valence-electron chi connectivity index (χ0n) is 9.83. The summed E-state index contributed by atoms with van der Waals surface area (Å²) in [6, 6.07) is 3.93. The molecule has 2 N–H and O–H groups in total. The van der Waals surface area contributed by atoms with Crippen molar-refractivity contribution in [2.24, 2.45) is 5.73 Å². The second-order valence-corrected chi connectivity index (χ2v) is 3.69. The second kappa shape index (κ2) is 5.14. The number of hydrogen-bond acceptors (Lipinski definition) is 3. The number of benzene rings is 1. The van der Waals surface area contributed by atoms with Crippen molar-refractivity contribution < 1.29 is 9.47 Å². The average molecular weight is 209 g/mol. The number of aryl methyl sites for hydroxylation is 1. The molecule has 0 spiro atoms. The molecule has 1 atom stereocenters. The first-order valence-corrected chi connectivity index (χ1v) is 5.00. The molecule has 0 fully saturated rings. The van der Waals surface area contributed by atoms with Crippen LogP contribution >= 0.6 is 0 Å². The maximum absolute atomic E-state index is 6.00. The second-order valence-electron chi connectivity index (χ2n) is 3.69. The molecule has 0 aromatic heterocycles. The van der Waals surface area contributed by atoms with Gasteiger partial charge in [-0.05, 0) is 25.0 Å². The Hall–Kier alpha value is -1.06. The highest BCUT2D eigenvalue weighted by molar-refractivity contribution is 5.46. The average Bonchev–Trinajstić information content (AvgIpc) is 2.22. The summed E-state index contributed by atoms with van der Waals surface area (Å²) in [5, 5.41) is 0. The monoisotopic (exact) mass is 209 g/mol. The quantitative estimate of drug-likeness (QED) is 0.824. The van der Waals surface area contributed by atoms with Crippen molar-refractivity contribution in [2.45, 2.75) is 19.9 Å². The van der Waals surface area contributed by atoms with Crippen molar-refractivity contribution in [1.82, 2.24) is 0 Å². The first kappa shape index (κ1) is 12.0. The van der Waals surface area contributed by atoms with E-state index in [0.29, 0.717) is 6.61 Å². The number of ether oxygens (including phenoxy) is 2. The van der Waals surface area contributed by atoms with Gasteiger partial charge < -0.3 is 15.2 Å². The molecule has 15 heavy (non-hydrogen) atoms.